The maximum atomic E-state index is 6.23. The number of para-hydroxylation sites is 1. The van der Waals surface area contributed by atoms with Crippen molar-refractivity contribution in [2.24, 2.45) is 4.99 Å². The van der Waals surface area contributed by atoms with E-state index in [1.807, 2.05) is 36.5 Å². The molecule has 0 aliphatic rings. The molecule has 4 aromatic carbocycles. The zero-order valence-corrected chi connectivity index (χ0v) is 14.2. The predicted molar refractivity (Wildman–Crippen MR) is 105 cm³/mol. The number of aliphatic imine (C=N–C) groups is 1. The Balaban J connectivity index is 1.99. The van der Waals surface area contributed by atoms with Gasteiger partial charge in [0.05, 0.1) is 10.0 Å². The topological polar surface area (TPSA) is 12.4 Å². The summed E-state index contributed by atoms with van der Waals surface area (Å²) in [6.07, 6.45) is 1.86. The zero-order chi connectivity index (χ0) is 16.5. The molecule has 0 aromatic heterocycles. The Labute approximate surface area is 150 Å². The van der Waals surface area contributed by atoms with Gasteiger partial charge in [-0.15, -0.1) is 0 Å². The minimum absolute atomic E-state index is 0.545. The number of nitrogens with zero attached hydrogens (tertiary/aromatic N) is 1. The summed E-state index contributed by atoms with van der Waals surface area (Å²) < 4.78 is 0. The van der Waals surface area contributed by atoms with Crippen LogP contribution in [-0.2, 0) is 0 Å². The van der Waals surface area contributed by atoms with Crippen molar-refractivity contribution in [3.8, 4) is 0 Å². The van der Waals surface area contributed by atoms with Crippen LogP contribution in [0.4, 0.5) is 5.69 Å². The van der Waals surface area contributed by atoms with Gasteiger partial charge in [-0.1, -0.05) is 77.8 Å². The lowest BCUT2D eigenvalue weighted by molar-refractivity contribution is 1.53. The quantitative estimate of drug-likeness (QED) is 0.271. The van der Waals surface area contributed by atoms with Crippen molar-refractivity contribution < 1.29 is 0 Å². The average Bonchev–Trinajstić information content (AvgIpc) is 2.60. The highest BCUT2D eigenvalue weighted by atomic mass is 35.5. The van der Waals surface area contributed by atoms with Crippen LogP contribution < -0.4 is 0 Å². The van der Waals surface area contributed by atoms with Gasteiger partial charge in [-0.3, -0.25) is 4.99 Å². The predicted octanol–water partition coefficient (Wildman–Crippen LogP) is 7.05. The van der Waals surface area contributed by atoms with Gasteiger partial charge in [-0.25, -0.2) is 0 Å². The van der Waals surface area contributed by atoms with E-state index in [-0.39, 0.29) is 0 Å². The molecule has 0 saturated carbocycles. The van der Waals surface area contributed by atoms with Crippen LogP contribution in [0.15, 0.2) is 77.8 Å². The molecule has 4 aromatic rings. The van der Waals surface area contributed by atoms with Crippen molar-refractivity contribution in [2.75, 3.05) is 0 Å². The first-order valence-corrected chi connectivity index (χ1v) is 8.38. The normalized spacial score (nSPS) is 11.6. The molecular formula is C21H13Cl2N. The summed E-state index contributed by atoms with van der Waals surface area (Å²) in [6.45, 7) is 0. The third kappa shape index (κ3) is 2.66. The van der Waals surface area contributed by atoms with Crippen molar-refractivity contribution >= 4 is 56.6 Å². The molecule has 0 aliphatic carbocycles. The van der Waals surface area contributed by atoms with Crippen LogP contribution in [0, 0.1) is 0 Å². The largest absolute Gasteiger partial charge is 0.253 e. The van der Waals surface area contributed by atoms with E-state index in [1.165, 1.54) is 10.8 Å². The first-order chi connectivity index (χ1) is 11.7. The number of rotatable bonds is 2. The van der Waals surface area contributed by atoms with Gasteiger partial charge < -0.3 is 0 Å². The molecule has 0 bridgehead atoms. The molecule has 0 saturated heterocycles. The second-order valence-electron chi connectivity index (χ2n) is 5.56. The van der Waals surface area contributed by atoms with E-state index < -0.39 is 0 Å². The molecule has 0 radical (unpaired) electrons. The Kier molecular flexibility index (Phi) is 3.97. The fourth-order valence-corrected chi connectivity index (χ4v) is 3.42. The Morgan fingerprint density at radius 1 is 0.667 bits per heavy atom. The Hall–Kier alpha value is -2.35. The Morgan fingerprint density at radius 2 is 1.21 bits per heavy atom. The van der Waals surface area contributed by atoms with Crippen molar-refractivity contribution in [1.29, 1.82) is 0 Å². The van der Waals surface area contributed by atoms with Crippen LogP contribution in [-0.4, -0.2) is 6.21 Å². The number of hydrogen-bond donors (Lipinski definition) is 0. The highest BCUT2D eigenvalue weighted by molar-refractivity contribution is 6.38. The summed E-state index contributed by atoms with van der Waals surface area (Å²) in [6, 6.07) is 24.2. The number of fused-ring (bicyclic) bond motifs is 2. The van der Waals surface area contributed by atoms with E-state index in [1.54, 1.807) is 12.1 Å². The fourth-order valence-electron chi connectivity index (χ4n) is 2.93. The molecule has 24 heavy (non-hydrogen) atoms. The van der Waals surface area contributed by atoms with E-state index in [0.717, 1.165) is 16.3 Å². The summed E-state index contributed by atoms with van der Waals surface area (Å²) in [5.41, 5.74) is 1.66. The van der Waals surface area contributed by atoms with Crippen molar-refractivity contribution in [3.05, 3.63) is 88.4 Å². The molecule has 4 rings (SSSR count). The monoisotopic (exact) mass is 349 g/mol. The second kappa shape index (κ2) is 6.27. The van der Waals surface area contributed by atoms with Crippen molar-refractivity contribution in [3.63, 3.8) is 0 Å². The van der Waals surface area contributed by atoms with Gasteiger partial charge in [-0.05, 0) is 39.7 Å². The second-order valence-corrected chi connectivity index (χ2v) is 6.38. The smallest absolute Gasteiger partial charge is 0.100 e. The molecule has 116 valence electrons. The summed E-state index contributed by atoms with van der Waals surface area (Å²) in [5, 5.41) is 5.77. The van der Waals surface area contributed by atoms with E-state index in [2.05, 4.69) is 35.3 Å². The summed E-state index contributed by atoms with van der Waals surface area (Å²) in [7, 11) is 0. The van der Waals surface area contributed by atoms with Gasteiger partial charge in [-0.2, -0.15) is 0 Å². The number of hydrogen-bond acceptors (Lipinski definition) is 1. The average molecular weight is 350 g/mol. The lowest BCUT2D eigenvalue weighted by atomic mass is 9.97. The van der Waals surface area contributed by atoms with Crippen LogP contribution in [0.5, 0.6) is 0 Å². The fraction of sp³-hybridized carbons (Fsp3) is 0. The maximum absolute atomic E-state index is 6.23. The zero-order valence-electron chi connectivity index (χ0n) is 12.7. The van der Waals surface area contributed by atoms with Gasteiger partial charge in [0.1, 0.15) is 5.69 Å². The lowest BCUT2D eigenvalue weighted by Gasteiger charge is -2.08. The van der Waals surface area contributed by atoms with Crippen LogP contribution >= 0.6 is 23.2 Å². The molecule has 0 fully saturated rings. The molecule has 0 heterocycles. The van der Waals surface area contributed by atoms with Crippen molar-refractivity contribution in [1.82, 2.24) is 0 Å². The SMILES string of the molecule is Clc1cccc(Cl)c1N=Cc1c2ccccc2cc2ccccc12. The van der Waals surface area contributed by atoms with Gasteiger partial charge in [0.15, 0.2) is 0 Å². The number of benzene rings is 4. The molecule has 1 nitrogen and oxygen atoms in total. The number of halogens is 2. The molecule has 3 heteroatoms. The molecule has 0 N–H and O–H groups in total. The van der Waals surface area contributed by atoms with Gasteiger partial charge in [0, 0.05) is 11.8 Å². The minimum Gasteiger partial charge on any atom is -0.253 e. The molecular weight excluding hydrogens is 337 g/mol. The molecule has 0 amide bonds. The van der Waals surface area contributed by atoms with E-state index in [0.29, 0.717) is 15.7 Å². The van der Waals surface area contributed by atoms with E-state index >= 15 is 0 Å². The first-order valence-electron chi connectivity index (χ1n) is 7.62. The van der Waals surface area contributed by atoms with E-state index in [9.17, 15) is 0 Å². The minimum atomic E-state index is 0.545. The van der Waals surface area contributed by atoms with Crippen LogP contribution in [0.25, 0.3) is 21.5 Å². The highest BCUT2D eigenvalue weighted by Gasteiger charge is 2.07. The van der Waals surface area contributed by atoms with Crippen molar-refractivity contribution in [2.45, 2.75) is 0 Å². The van der Waals surface area contributed by atoms with Crippen LogP contribution in [0.2, 0.25) is 10.0 Å². The highest BCUT2D eigenvalue weighted by Crippen LogP contribution is 2.33. The molecule has 0 unspecified atom stereocenters. The first kappa shape index (κ1) is 15.2. The van der Waals surface area contributed by atoms with Gasteiger partial charge >= 0.3 is 0 Å². The summed E-state index contributed by atoms with van der Waals surface area (Å²) in [5.74, 6) is 0. The third-order valence-electron chi connectivity index (χ3n) is 4.07. The molecule has 0 atom stereocenters. The molecule has 0 spiro atoms. The van der Waals surface area contributed by atoms with Crippen LogP contribution in [0.1, 0.15) is 5.56 Å². The lowest BCUT2D eigenvalue weighted by Crippen LogP contribution is -1.88. The summed E-state index contributed by atoms with van der Waals surface area (Å²) >= 11 is 12.5. The Bertz CT molecular complexity index is 1010. The van der Waals surface area contributed by atoms with E-state index in [4.69, 9.17) is 23.2 Å². The molecule has 0 aliphatic heterocycles. The summed E-state index contributed by atoms with van der Waals surface area (Å²) in [4.78, 5) is 4.59. The van der Waals surface area contributed by atoms with Crippen LogP contribution in [0.3, 0.4) is 0 Å². The van der Waals surface area contributed by atoms with Gasteiger partial charge in [0.2, 0.25) is 0 Å². The standard InChI is InChI=1S/C21H13Cl2N/c22-19-10-5-11-20(23)21(19)24-13-18-16-8-3-1-6-14(16)12-15-7-2-4-9-17(15)18/h1-13H. The third-order valence-corrected chi connectivity index (χ3v) is 4.68. The maximum Gasteiger partial charge on any atom is 0.100 e. The Morgan fingerprint density at radius 3 is 1.79 bits per heavy atom. The van der Waals surface area contributed by atoms with Gasteiger partial charge in [0.25, 0.3) is 0 Å².